The molecule has 0 radical (unpaired) electrons. The van der Waals surface area contributed by atoms with Gasteiger partial charge in [-0.05, 0) is 49.3 Å². The van der Waals surface area contributed by atoms with Crippen LogP contribution in [0.2, 0.25) is 0 Å². The van der Waals surface area contributed by atoms with Crippen LogP contribution in [0.3, 0.4) is 0 Å². The van der Waals surface area contributed by atoms with Gasteiger partial charge in [0.15, 0.2) is 0 Å². The highest BCUT2D eigenvalue weighted by molar-refractivity contribution is 5.48. The van der Waals surface area contributed by atoms with Crippen molar-refractivity contribution >= 4 is 5.69 Å². The number of anilines is 1. The van der Waals surface area contributed by atoms with Gasteiger partial charge >= 0.3 is 0 Å². The number of hydrogen-bond donors (Lipinski definition) is 1. The predicted octanol–water partition coefficient (Wildman–Crippen LogP) is 4.35. The van der Waals surface area contributed by atoms with Crippen molar-refractivity contribution in [1.82, 2.24) is 5.32 Å². The maximum atomic E-state index is 3.81. The van der Waals surface area contributed by atoms with Gasteiger partial charge in [-0.25, -0.2) is 0 Å². The first-order chi connectivity index (χ1) is 10.4. The smallest absolute Gasteiger partial charge is 0.0366 e. The minimum atomic E-state index is 0.738. The highest BCUT2D eigenvalue weighted by Gasteiger charge is 2.22. The Bertz CT molecular complexity index is 420. The molecule has 1 aliphatic heterocycles. The molecule has 2 fully saturated rings. The third kappa shape index (κ3) is 3.79. The Hall–Kier alpha value is -1.02. The second-order valence-corrected chi connectivity index (χ2v) is 6.80. The minimum Gasteiger partial charge on any atom is -0.372 e. The van der Waals surface area contributed by atoms with Crippen molar-refractivity contribution in [2.75, 3.05) is 18.0 Å². The Kier molecular flexibility index (Phi) is 5.18. The van der Waals surface area contributed by atoms with Crippen molar-refractivity contribution in [3.8, 4) is 0 Å². The maximum Gasteiger partial charge on any atom is 0.0366 e. The molecule has 0 bridgehead atoms. The average Bonchev–Trinajstić information content (AvgIpc) is 3.08. The summed E-state index contributed by atoms with van der Waals surface area (Å²) in [6.07, 6.45) is 9.65. The molecule has 1 heterocycles. The summed E-state index contributed by atoms with van der Waals surface area (Å²) in [5.74, 6) is 0.891. The summed E-state index contributed by atoms with van der Waals surface area (Å²) in [4.78, 5) is 2.51. The zero-order valence-electron chi connectivity index (χ0n) is 13.5. The first-order valence-electron chi connectivity index (χ1n) is 8.94. The summed E-state index contributed by atoms with van der Waals surface area (Å²) in [6, 6.07) is 9.97. The Labute approximate surface area is 129 Å². The van der Waals surface area contributed by atoms with Gasteiger partial charge in [0.05, 0.1) is 0 Å². The number of nitrogens with zero attached hydrogens (tertiary/aromatic N) is 1. The standard InChI is InChI=1S/C19H30N2/c1-2-17-7-3-4-8-19(17)20-15-16-9-11-18(12-10-16)21-13-5-6-14-21/h9-12,17,19-20H,2-8,13-15H2,1H3. The molecule has 0 aromatic heterocycles. The molecule has 1 aliphatic carbocycles. The highest BCUT2D eigenvalue weighted by atomic mass is 15.1. The molecule has 2 aliphatic rings. The minimum absolute atomic E-state index is 0.738. The van der Waals surface area contributed by atoms with Crippen molar-refractivity contribution in [2.45, 2.75) is 64.5 Å². The molecule has 0 spiro atoms. The fourth-order valence-corrected chi connectivity index (χ4v) is 4.01. The summed E-state index contributed by atoms with van der Waals surface area (Å²) >= 11 is 0. The van der Waals surface area contributed by atoms with Crippen LogP contribution in [0.25, 0.3) is 0 Å². The van der Waals surface area contributed by atoms with Crippen molar-refractivity contribution in [2.24, 2.45) is 5.92 Å². The summed E-state index contributed by atoms with van der Waals surface area (Å²) in [5, 5.41) is 3.81. The van der Waals surface area contributed by atoms with Crippen molar-refractivity contribution in [1.29, 1.82) is 0 Å². The van der Waals surface area contributed by atoms with E-state index in [1.165, 1.54) is 69.3 Å². The molecule has 2 heteroatoms. The maximum absolute atomic E-state index is 3.81. The van der Waals surface area contributed by atoms with Crippen LogP contribution in [-0.4, -0.2) is 19.1 Å². The molecule has 21 heavy (non-hydrogen) atoms. The second kappa shape index (κ2) is 7.31. The van der Waals surface area contributed by atoms with Crippen LogP contribution in [0, 0.1) is 5.92 Å². The summed E-state index contributed by atoms with van der Waals surface area (Å²) in [5.41, 5.74) is 2.83. The van der Waals surface area contributed by atoms with Crippen LogP contribution < -0.4 is 10.2 Å². The van der Waals surface area contributed by atoms with E-state index in [1.54, 1.807) is 0 Å². The third-order valence-electron chi connectivity index (χ3n) is 5.41. The quantitative estimate of drug-likeness (QED) is 0.866. The van der Waals surface area contributed by atoms with Gasteiger partial charge < -0.3 is 10.2 Å². The normalized spacial score (nSPS) is 26.2. The van der Waals surface area contributed by atoms with Gasteiger partial charge in [-0.15, -0.1) is 0 Å². The Morgan fingerprint density at radius 3 is 2.43 bits per heavy atom. The number of hydrogen-bond acceptors (Lipinski definition) is 2. The van der Waals surface area contributed by atoms with Crippen LogP contribution in [0.5, 0.6) is 0 Å². The molecule has 1 saturated carbocycles. The Balaban J connectivity index is 1.52. The van der Waals surface area contributed by atoms with E-state index in [1.807, 2.05) is 0 Å². The van der Waals surface area contributed by atoms with Gasteiger partial charge in [0, 0.05) is 31.4 Å². The Morgan fingerprint density at radius 1 is 1.00 bits per heavy atom. The van der Waals surface area contributed by atoms with Crippen molar-refractivity contribution in [3.05, 3.63) is 29.8 Å². The topological polar surface area (TPSA) is 15.3 Å². The summed E-state index contributed by atoms with van der Waals surface area (Å²) in [6.45, 7) is 5.84. The molecular formula is C19H30N2. The van der Waals surface area contributed by atoms with E-state index in [-0.39, 0.29) is 0 Å². The van der Waals surface area contributed by atoms with Gasteiger partial charge in [-0.2, -0.15) is 0 Å². The zero-order valence-corrected chi connectivity index (χ0v) is 13.5. The number of benzene rings is 1. The van der Waals surface area contributed by atoms with E-state index in [9.17, 15) is 0 Å². The Morgan fingerprint density at radius 2 is 1.71 bits per heavy atom. The predicted molar refractivity (Wildman–Crippen MR) is 90.8 cm³/mol. The number of nitrogens with one attached hydrogen (secondary N) is 1. The first kappa shape index (κ1) is 14.9. The SMILES string of the molecule is CCC1CCCCC1NCc1ccc(N2CCCC2)cc1. The molecule has 1 saturated heterocycles. The molecule has 1 aromatic carbocycles. The molecule has 3 rings (SSSR count). The van der Waals surface area contributed by atoms with Crippen LogP contribution in [0.15, 0.2) is 24.3 Å². The van der Waals surface area contributed by atoms with E-state index in [2.05, 4.69) is 41.4 Å². The fraction of sp³-hybridized carbons (Fsp3) is 0.684. The summed E-state index contributed by atoms with van der Waals surface area (Å²) < 4.78 is 0. The van der Waals surface area contributed by atoms with Crippen LogP contribution in [-0.2, 0) is 6.54 Å². The molecule has 1 N–H and O–H groups in total. The fourth-order valence-electron chi connectivity index (χ4n) is 4.01. The van der Waals surface area contributed by atoms with Crippen LogP contribution >= 0.6 is 0 Å². The lowest BCUT2D eigenvalue weighted by molar-refractivity contribution is 0.254. The molecular weight excluding hydrogens is 256 g/mol. The second-order valence-electron chi connectivity index (χ2n) is 6.80. The van der Waals surface area contributed by atoms with E-state index in [0.717, 1.165) is 18.5 Å². The molecule has 2 unspecified atom stereocenters. The van der Waals surface area contributed by atoms with E-state index in [0.29, 0.717) is 0 Å². The van der Waals surface area contributed by atoms with E-state index < -0.39 is 0 Å². The number of rotatable bonds is 5. The zero-order chi connectivity index (χ0) is 14.5. The van der Waals surface area contributed by atoms with E-state index in [4.69, 9.17) is 0 Å². The lowest BCUT2D eigenvalue weighted by atomic mass is 9.83. The molecule has 2 nitrogen and oxygen atoms in total. The largest absolute Gasteiger partial charge is 0.372 e. The summed E-state index contributed by atoms with van der Waals surface area (Å²) in [7, 11) is 0. The van der Waals surface area contributed by atoms with Gasteiger partial charge in [0.2, 0.25) is 0 Å². The molecule has 1 aromatic rings. The van der Waals surface area contributed by atoms with Crippen molar-refractivity contribution < 1.29 is 0 Å². The monoisotopic (exact) mass is 286 g/mol. The van der Waals surface area contributed by atoms with Crippen LogP contribution in [0.4, 0.5) is 5.69 Å². The molecule has 2 atom stereocenters. The van der Waals surface area contributed by atoms with Gasteiger partial charge in [0.1, 0.15) is 0 Å². The lowest BCUT2D eigenvalue weighted by Crippen LogP contribution is -2.37. The third-order valence-corrected chi connectivity index (χ3v) is 5.41. The molecule has 116 valence electrons. The van der Waals surface area contributed by atoms with E-state index >= 15 is 0 Å². The van der Waals surface area contributed by atoms with Gasteiger partial charge in [-0.3, -0.25) is 0 Å². The highest BCUT2D eigenvalue weighted by Crippen LogP contribution is 2.27. The van der Waals surface area contributed by atoms with Gasteiger partial charge in [-0.1, -0.05) is 38.3 Å². The molecule has 0 amide bonds. The van der Waals surface area contributed by atoms with Crippen LogP contribution in [0.1, 0.15) is 57.4 Å². The lowest BCUT2D eigenvalue weighted by Gasteiger charge is -2.31. The average molecular weight is 286 g/mol. The first-order valence-corrected chi connectivity index (χ1v) is 8.94. The van der Waals surface area contributed by atoms with Crippen molar-refractivity contribution in [3.63, 3.8) is 0 Å². The van der Waals surface area contributed by atoms with Gasteiger partial charge in [0.25, 0.3) is 0 Å².